The first-order valence-corrected chi connectivity index (χ1v) is 7.44. The first-order chi connectivity index (χ1) is 10.1. The maximum Gasteiger partial charge on any atom is 0.265 e. The molecule has 5 nitrogen and oxygen atoms in total. The van der Waals surface area contributed by atoms with Crippen molar-refractivity contribution in [2.75, 3.05) is 18.4 Å². The number of aliphatic hydroxyl groups is 1. The zero-order chi connectivity index (χ0) is 14.8. The monoisotopic (exact) mass is 302 g/mol. The van der Waals surface area contributed by atoms with Gasteiger partial charge in [0.05, 0.1) is 11.0 Å². The molecule has 21 heavy (non-hydrogen) atoms. The van der Waals surface area contributed by atoms with Crippen molar-refractivity contribution < 1.29 is 14.7 Å². The molecule has 1 saturated heterocycles. The summed E-state index contributed by atoms with van der Waals surface area (Å²) in [6.07, 6.45) is -0.404. The molecular weight excluding hydrogens is 288 g/mol. The minimum absolute atomic E-state index is 0.101. The molecule has 0 aliphatic carbocycles. The molecule has 1 aliphatic heterocycles. The Morgan fingerprint density at radius 3 is 2.48 bits per heavy atom. The zero-order valence-electron chi connectivity index (χ0n) is 11.2. The van der Waals surface area contributed by atoms with Crippen molar-refractivity contribution in [2.24, 2.45) is 0 Å². The predicted octanol–water partition coefficient (Wildman–Crippen LogP) is 1.82. The number of hydrogen-bond donors (Lipinski definition) is 2. The lowest BCUT2D eigenvalue weighted by Gasteiger charge is -2.35. The molecule has 2 aromatic rings. The van der Waals surface area contributed by atoms with Crippen molar-refractivity contribution >= 4 is 28.8 Å². The lowest BCUT2D eigenvalue weighted by atomic mass is 10.1. The number of aliphatic hydroxyl groups excluding tert-OH is 1. The highest BCUT2D eigenvalue weighted by molar-refractivity contribution is 7.12. The number of amides is 2. The summed E-state index contributed by atoms with van der Waals surface area (Å²) in [5, 5.41) is 13.8. The molecule has 1 fully saturated rings. The number of hydrogen-bond acceptors (Lipinski definition) is 4. The van der Waals surface area contributed by atoms with Crippen LogP contribution in [0, 0.1) is 0 Å². The van der Waals surface area contributed by atoms with Crippen LogP contribution in [-0.2, 0) is 0 Å². The highest BCUT2D eigenvalue weighted by Crippen LogP contribution is 2.17. The first kappa shape index (κ1) is 13.8. The number of carbonyl (C=O) groups excluding carboxylic acids is 2. The van der Waals surface area contributed by atoms with Crippen molar-refractivity contribution in [3.8, 4) is 0 Å². The van der Waals surface area contributed by atoms with E-state index >= 15 is 0 Å². The number of β-amino-alcohol motifs (C(OH)–C–C–N with tert-alkyl or cyclic N) is 1. The molecule has 2 N–H and O–H groups in total. The molecule has 0 unspecified atom stereocenters. The van der Waals surface area contributed by atoms with E-state index in [-0.39, 0.29) is 11.8 Å². The fourth-order valence-corrected chi connectivity index (χ4v) is 2.72. The van der Waals surface area contributed by atoms with Gasteiger partial charge < -0.3 is 15.3 Å². The molecule has 3 rings (SSSR count). The molecule has 1 aromatic heterocycles. The van der Waals surface area contributed by atoms with E-state index in [1.807, 2.05) is 11.4 Å². The zero-order valence-corrected chi connectivity index (χ0v) is 12.0. The molecule has 2 amide bonds. The van der Waals surface area contributed by atoms with Crippen LogP contribution in [0.15, 0.2) is 41.8 Å². The van der Waals surface area contributed by atoms with Gasteiger partial charge >= 0.3 is 0 Å². The lowest BCUT2D eigenvalue weighted by molar-refractivity contribution is 0.00590. The smallest absolute Gasteiger partial charge is 0.265 e. The summed E-state index contributed by atoms with van der Waals surface area (Å²) < 4.78 is 0. The second-order valence-electron chi connectivity index (χ2n) is 4.87. The van der Waals surface area contributed by atoms with Gasteiger partial charge in [-0.1, -0.05) is 6.07 Å². The van der Waals surface area contributed by atoms with E-state index < -0.39 is 6.10 Å². The molecule has 0 saturated carbocycles. The van der Waals surface area contributed by atoms with Crippen molar-refractivity contribution in [3.05, 3.63) is 52.2 Å². The molecular formula is C15H14N2O3S. The lowest BCUT2D eigenvalue weighted by Crippen LogP contribution is -2.53. The standard InChI is InChI=1S/C15H14N2O3S/c18-12-8-17(9-12)15(20)10-3-5-11(6-4-10)16-14(19)13-2-1-7-21-13/h1-7,12,18H,8-9H2,(H,16,19). The Morgan fingerprint density at radius 1 is 1.19 bits per heavy atom. The van der Waals surface area contributed by atoms with E-state index in [9.17, 15) is 14.7 Å². The number of benzene rings is 1. The fourth-order valence-electron chi connectivity index (χ4n) is 2.10. The maximum atomic E-state index is 12.0. The van der Waals surface area contributed by atoms with Gasteiger partial charge in [0.2, 0.25) is 0 Å². The van der Waals surface area contributed by atoms with E-state index in [1.54, 1.807) is 35.2 Å². The number of nitrogens with zero attached hydrogens (tertiary/aromatic N) is 1. The number of thiophene rings is 1. The van der Waals surface area contributed by atoms with Crippen LogP contribution < -0.4 is 5.32 Å². The summed E-state index contributed by atoms with van der Waals surface area (Å²) >= 11 is 1.38. The molecule has 0 bridgehead atoms. The Labute approximate surface area is 125 Å². The van der Waals surface area contributed by atoms with Crippen molar-refractivity contribution in [1.82, 2.24) is 4.90 Å². The summed E-state index contributed by atoms with van der Waals surface area (Å²) in [6, 6.07) is 10.3. The van der Waals surface area contributed by atoms with Gasteiger partial charge in [0.15, 0.2) is 0 Å². The highest BCUT2D eigenvalue weighted by Gasteiger charge is 2.29. The quantitative estimate of drug-likeness (QED) is 0.908. The van der Waals surface area contributed by atoms with Crippen molar-refractivity contribution in [2.45, 2.75) is 6.10 Å². The molecule has 0 spiro atoms. The average Bonchev–Trinajstić information content (AvgIpc) is 2.98. The summed E-state index contributed by atoms with van der Waals surface area (Å²) in [6.45, 7) is 0.769. The van der Waals surface area contributed by atoms with Crippen LogP contribution >= 0.6 is 11.3 Å². The minimum atomic E-state index is -0.404. The van der Waals surface area contributed by atoms with Gasteiger partial charge in [-0.15, -0.1) is 11.3 Å². The molecule has 1 aromatic carbocycles. The Bertz CT molecular complexity index is 646. The van der Waals surface area contributed by atoms with Crippen LogP contribution in [0.25, 0.3) is 0 Å². The Kier molecular flexibility index (Phi) is 3.72. The van der Waals surface area contributed by atoms with E-state index in [0.29, 0.717) is 29.2 Å². The van der Waals surface area contributed by atoms with Crippen molar-refractivity contribution in [3.63, 3.8) is 0 Å². The number of anilines is 1. The van der Waals surface area contributed by atoms with Gasteiger partial charge in [-0.25, -0.2) is 0 Å². The van der Waals surface area contributed by atoms with Crippen LogP contribution in [0.5, 0.6) is 0 Å². The Hall–Kier alpha value is -2.18. The number of likely N-dealkylation sites (tertiary alicyclic amines) is 1. The molecule has 0 atom stereocenters. The molecule has 2 heterocycles. The van der Waals surface area contributed by atoms with Gasteiger partial charge in [-0.2, -0.15) is 0 Å². The van der Waals surface area contributed by atoms with Gasteiger partial charge in [0.25, 0.3) is 11.8 Å². The third kappa shape index (κ3) is 2.96. The van der Waals surface area contributed by atoms with E-state index in [1.165, 1.54) is 11.3 Å². The molecule has 6 heteroatoms. The maximum absolute atomic E-state index is 12.0. The topological polar surface area (TPSA) is 69.6 Å². The van der Waals surface area contributed by atoms with Crippen LogP contribution in [0.1, 0.15) is 20.0 Å². The Morgan fingerprint density at radius 2 is 1.90 bits per heavy atom. The van der Waals surface area contributed by atoms with Gasteiger partial charge in [0.1, 0.15) is 0 Å². The van der Waals surface area contributed by atoms with Crippen LogP contribution in [0.4, 0.5) is 5.69 Å². The Balaban J connectivity index is 1.64. The molecule has 0 radical (unpaired) electrons. The number of rotatable bonds is 3. The number of carbonyl (C=O) groups is 2. The van der Waals surface area contributed by atoms with Gasteiger partial charge in [0, 0.05) is 24.3 Å². The number of nitrogens with one attached hydrogen (secondary N) is 1. The van der Waals surface area contributed by atoms with Crippen LogP contribution in [-0.4, -0.2) is 41.0 Å². The average molecular weight is 302 g/mol. The first-order valence-electron chi connectivity index (χ1n) is 6.56. The summed E-state index contributed by atoms with van der Waals surface area (Å²) in [4.78, 5) is 26.1. The third-order valence-corrected chi connectivity index (χ3v) is 4.15. The second kappa shape index (κ2) is 5.67. The van der Waals surface area contributed by atoms with Crippen LogP contribution in [0.3, 0.4) is 0 Å². The molecule has 108 valence electrons. The highest BCUT2D eigenvalue weighted by atomic mass is 32.1. The largest absolute Gasteiger partial charge is 0.389 e. The predicted molar refractivity (Wildman–Crippen MR) is 80.6 cm³/mol. The van der Waals surface area contributed by atoms with E-state index in [2.05, 4.69) is 5.32 Å². The SMILES string of the molecule is O=C(Nc1ccc(C(=O)N2CC(O)C2)cc1)c1cccs1. The fraction of sp³-hybridized carbons (Fsp3) is 0.200. The summed E-state index contributed by atoms with van der Waals surface area (Å²) in [5.74, 6) is -0.258. The summed E-state index contributed by atoms with van der Waals surface area (Å²) in [7, 11) is 0. The van der Waals surface area contributed by atoms with Gasteiger partial charge in [-0.3, -0.25) is 9.59 Å². The minimum Gasteiger partial charge on any atom is -0.389 e. The second-order valence-corrected chi connectivity index (χ2v) is 5.82. The van der Waals surface area contributed by atoms with E-state index in [0.717, 1.165) is 0 Å². The van der Waals surface area contributed by atoms with Gasteiger partial charge in [-0.05, 0) is 35.7 Å². The van der Waals surface area contributed by atoms with Crippen LogP contribution in [0.2, 0.25) is 0 Å². The normalized spacial score (nSPS) is 14.6. The van der Waals surface area contributed by atoms with Crippen molar-refractivity contribution in [1.29, 1.82) is 0 Å². The third-order valence-electron chi connectivity index (χ3n) is 3.28. The van der Waals surface area contributed by atoms with E-state index in [4.69, 9.17) is 0 Å². The summed E-state index contributed by atoms with van der Waals surface area (Å²) in [5.41, 5.74) is 1.20. The molecule has 1 aliphatic rings.